The largest absolute Gasteiger partial charge is 0.332 e. The summed E-state index contributed by atoms with van der Waals surface area (Å²) >= 11 is 12.2. The van der Waals surface area contributed by atoms with Gasteiger partial charge in [-0.15, -0.1) is 0 Å². The fourth-order valence-corrected chi connectivity index (χ4v) is 3.40. The van der Waals surface area contributed by atoms with Gasteiger partial charge in [0.05, 0.1) is 15.7 Å². The van der Waals surface area contributed by atoms with E-state index in [9.17, 15) is 13.6 Å². The normalized spacial score (nSPS) is 11.6. The number of amides is 1. The lowest BCUT2D eigenvalue weighted by Gasteiger charge is -2.30. The Morgan fingerprint density at radius 1 is 1.12 bits per heavy atom. The van der Waals surface area contributed by atoms with Crippen molar-refractivity contribution in [3.8, 4) is 5.69 Å². The molecule has 25 heavy (non-hydrogen) atoms. The molecule has 1 aromatic carbocycles. The molecule has 0 aliphatic heterocycles. The van der Waals surface area contributed by atoms with Crippen LogP contribution in [0, 0.1) is 0 Å². The molecule has 0 radical (unpaired) electrons. The maximum absolute atomic E-state index is 13.8. The average molecular weight is 390 g/mol. The second-order valence-corrected chi connectivity index (χ2v) is 6.93. The molecule has 0 spiro atoms. The van der Waals surface area contributed by atoms with Gasteiger partial charge in [-0.3, -0.25) is 9.36 Å². The lowest BCUT2D eigenvalue weighted by Crippen LogP contribution is -2.42. The Morgan fingerprint density at radius 3 is 2.08 bits per heavy atom. The Morgan fingerprint density at radius 2 is 1.64 bits per heavy atom. The smallest absolute Gasteiger partial charge is 0.281 e. The van der Waals surface area contributed by atoms with Gasteiger partial charge < -0.3 is 4.90 Å². The summed E-state index contributed by atoms with van der Waals surface area (Å²) in [5, 5.41) is 0.380. The van der Waals surface area contributed by atoms with Crippen molar-refractivity contribution in [1.82, 2.24) is 14.5 Å². The van der Waals surface area contributed by atoms with E-state index in [1.54, 1.807) is 6.07 Å². The van der Waals surface area contributed by atoms with Gasteiger partial charge in [0, 0.05) is 12.1 Å². The highest BCUT2D eigenvalue weighted by molar-refractivity contribution is 6.37. The molecule has 1 aromatic heterocycles. The summed E-state index contributed by atoms with van der Waals surface area (Å²) in [4.78, 5) is 18.3. The minimum absolute atomic E-state index is 0.160. The number of benzene rings is 1. The number of imidazole rings is 1. The van der Waals surface area contributed by atoms with E-state index in [-0.39, 0.29) is 33.5 Å². The van der Waals surface area contributed by atoms with Gasteiger partial charge >= 0.3 is 0 Å². The zero-order valence-electron chi connectivity index (χ0n) is 14.3. The summed E-state index contributed by atoms with van der Waals surface area (Å²) in [5.41, 5.74) is -0.645. The molecule has 0 aliphatic rings. The van der Waals surface area contributed by atoms with Crippen molar-refractivity contribution in [2.45, 2.75) is 46.2 Å². The first-order valence-electron chi connectivity index (χ1n) is 7.79. The number of aromatic nitrogens is 2. The lowest BCUT2D eigenvalue weighted by molar-refractivity contribution is 0.0625. The molecule has 0 bridgehead atoms. The Bertz CT molecular complexity index is 747. The Balaban J connectivity index is 2.64. The molecule has 0 unspecified atom stereocenters. The number of hydrogen-bond donors (Lipinski definition) is 0. The van der Waals surface area contributed by atoms with Crippen molar-refractivity contribution in [2.75, 3.05) is 0 Å². The molecule has 0 aliphatic carbocycles. The second-order valence-electron chi connectivity index (χ2n) is 6.12. The maximum atomic E-state index is 13.8. The number of rotatable bonds is 5. The molecule has 1 amide bonds. The van der Waals surface area contributed by atoms with E-state index in [2.05, 4.69) is 4.98 Å². The van der Waals surface area contributed by atoms with Crippen LogP contribution >= 0.6 is 23.2 Å². The van der Waals surface area contributed by atoms with Crippen molar-refractivity contribution >= 4 is 29.1 Å². The molecule has 0 saturated heterocycles. The first kappa shape index (κ1) is 19.7. The zero-order chi connectivity index (χ0) is 18.9. The first-order valence-corrected chi connectivity index (χ1v) is 8.54. The van der Waals surface area contributed by atoms with Crippen molar-refractivity contribution in [2.24, 2.45) is 0 Å². The van der Waals surface area contributed by atoms with Crippen LogP contribution in [0.25, 0.3) is 5.69 Å². The van der Waals surface area contributed by atoms with E-state index < -0.39 is 18.0 Å². The van der Waals surface area contributed by atoms with Crippen molar-refractivity contribution < 1.29 is 13.6 Å². The predicted octanol–water partition coefficient (Wildman–Crippen LogP) is 5.38. The molecule has 0 N–H and O–H groups in total. The SMILES string of the molecule is CC(C)N(C(=O)c1ncn(-c2c(Cl)cccc2Cl)c1C(F)F)C(C)C. The summed E-state index contributed by atoms with van der Waals surface area (Å²) in [5.74, 6) is -0.553. The number of carbonyl (C=O) groups excluding carboxylic acids is 1. The standard InChI is InChI=1S/C17H19Cl2F2N3O/c1-9(2)24(10(3)4)17(25)13-15(16(20)21)23(8-22-13)14-11(18)6-5-7-12(14)19/h5-10,16H,1-4H3. The van der Waals surface area contributed by atoms with Crippen LogP contribution in [0.4, 0.5) is 8.78 Å². The van der Waals surface area contributed by atoms with Crippen molar-refractivity contribution in [3.63, 3.8) is 0 Å². The number of alkyl halides is 2. The van der Waals surface area contributed by atoms with Crippen LogP contribution in [0.15, 0.2) is 24.5 Å². The molecule has 136 valence electrons. The minimum Gasteiger partial charge on any atom is -0.332 e. The van der Waals surface area contributed by atoms with Crippen LogP contribution in [0.1, 0.15) is 50.3 Å². The molecule has 0 fully saturated rings. The number of para-hydroxylation sites is 1. The van der Waals surface area contributed by atoms with Gasteiger partial charge in [0.15, 0.2) is 5.69 Å². The van der Waals surface area contributed by atoms with E-state index in [0.717, 1.165) is 10.9 Å². The lowest BCUT2D eigenvalue weighted by atomic mass is 10.2. The first-order chi connectivity index (χ1) is 11.7. The minimum atomic E-state index is -2.92. The summed E-state index contributed by atoms with van der Waals surface area (Å²) in [6, 6.07) is 4.36. The summed E-state index contributed by atoms with van der Waals surface area (Å²) < 4.78 is 28.6. The quantitative estimate of drug-likeness (QED) is 0.688. The number of halogens is 4. The highest BCUT2D eigenvalue weighted by Gasteiger charge is 2.31. The van der Waals surface area contributed by atoms with Crippen LogP contribution in [0.2, 0.25) is 10.0 Å². The summed E-state index contributed by atoms with van der Waals surface area (Å²) in [6.07, 6.45) is -1.77. The van der Waals surface area contributed by atoms with E-state index >= 15 is 0 Å². The third-order valence-electron chi connectivity index (χ3n) is 3.74. The summed E-state index contributed by atoms with van der Waals surface area (Å²) in [7, 11) is 0. The summed E-state index contributed by atoms with van der Waals surface area (Å²) in [6.45, 7) is 7.29. The van der Waals surface area contributed by atoms with Gasteiger partial charge in [0.2, 0.25) is 0 Å². The van der Waals surface area contributed by atoms with Crippen LogP contribution in [0.5, 0.6) is 0 Å². The molecular formula is C17H19Cl2F2N3O. The van der Waals surface area contributed by atoms with Crippen LogP contribution in [0.3, 0.4) is 0 Å². The topological polar surface area (TPSA) is 38.1 Å². The molecule has 2 aromatic rings. The van der Waals surface area contributed by atoms with Crippen LogP contribution in [-0.4, -0.2) is 32.4 Å². The second kappa shape index (κ2) is 7.70. The van der Waals surface area contributed by atoms with E-state index in [1.165, 1.54) is 17.0 Å². The van der Waals surface area contributed by atoms with Crippen molar-refractivity contribution in [1.29, 1.82) is 0 Å². The zero-order valence-corrected chi connectivity index (χ0v) is 15.8. The third-order valence-corrected chi connectivity index (χ3v) is 4.35. The van der Waals surface area contributed by atoms with Gasteiger partial charge in [0.1, 0.15) is 12.0 Å². The molecule has 1 heterocycles. The number of carbonyl (C=O) groups is 1. The van der Waals surface area contributed by atoms with Crippen LogP contribution < -0.4 is 0 Å². The van der Waals surface area contributed by atoms with E-state index in [0.29, 0.717) is 0 Å². The highest BCUT2D eigenvalue weighted by Crippen LogP contribution is 2.34. The average Bonchev–Trinajstić information content (AvgIpc) is 2.91. The van der Waals surface area contributed by atoms with Crippen LogP contribution in [-0.2, 0) is 0 Å². The number of nitrogens with zero attached hydrogens (tertiary/aromatic N) is 3. The van der Waals surface area contributed by atoms with Gasteiger partial charge in [-0.1, -0.05) is 29.3 Å². The van der Waals surface area contributed by atoms with Gasteiger partial charge in [-0.25, -0.2) is 13.8 Å². The molecule has 4 nitrogen and oxygen atoms in total. The van der Waals surface area contributed by atoms with Gasteiger partial charge in [-0.2, -0.15) is 0 Å². The monoisotopic (exact) mass is 389 g/mol. The van der Waals surface area contributed by atoms with E-state index in [4.69, 9.17) is 23.2 Å². The van der Waals surface area contributed by atoms with Gasteiger partial charge in [-0.05, 0) is 39.8 Å². The Labute approximate surface area is 155 Å². The fraction of sp³-hybridized carbons (Fsp3) is 0.412. The molecule has 8 heteroatoms. The molecular weight excluding hydrogens is 371 g/mol. The fourth-order valence-electron chi connectivity index (χ4n) is 2.82. The Kier molecular flexibility index (Phi) is 6.06. The molecule has 0 saturated carbocycles. The Hall–Kier alpha value is -1.66. The molecule has 2 rings (SSSR count). The molecule has 0 atom stereocenters. The number of hydrogen-bond acceptors (Lipinski definition) is 2. The van der Waals surface area contributed by atoms with Gasteiger partial charge in [0.25, 0.3) is 12.3 Å². The predicted molar refractivity (Wildman–Crippen MR) is 95.0 cm³/mol. The van der Waals surface area contributed by atoms with E-state index in [1.807, 2.05) is 27.7 Å². The van der Waals surface area contributed by atoms with Crippen molar-refractivity contribution in [3.05, 3.63) is 46.0 Å². The highest BCUT2D eigenvalue weighted by atomic mass is 35.5. The third kappa shape index (κ3) is 3.80. The maximum Gasteiger partial charge on any atom is 0.281 e.